The van der Waals surface area contributed by atoms with Gasteiger partial charge >= 0.3 is 5.69 Å². The van der Waals surface area contributed by atoms with E-state index in [0.29, 0.717) is 18.2 Å². The zero-order valence-corrected chi connectivity index (χ0v) is 10.7. The zero-order chi connectivity index (χ0) is 14.0. The van der Waals surface area contributed by atoms with E-state index in [-0.39, 0.29) is 17.3 Å². The molecule has 6 nitrogen and oxygen atoms in total. The number of hydrogen-bond acceptors (Lipinski definition) is 5. The first-order valence-electron chi connectivity index (χ1n) is 6.21. The number of nitro groups is 1. The Hall–Kier alpha value is -2.13. The van der Waals surface area contributed by atoms with Crippen molar-refractivity contribution >= 4 is 11.4 Å². The first-order chi connectivity index (χ1) is 9.02. The van der Waals surface area contributed by atoms with Gasteiger partial charge in [-0.1, -0.05) is 13.0 Å². The minimum atomic E-state index is -0.487. The lowest BCUT2D eigenvalue weighted by Crippen LogP contribution is -2.46. The Labute approximate surface area is 111 Å². The number of nitrogens with zero attached hydrogens (tertiary/aromatic N) is 3. The minimum Gasteiger partial charge on any atom is -0.364 e. The van der Waals surface area contributed by atoms with E-state index in [1.54, 1.807) is 12.1 Å². The van der Waals surface area contributed by atoms with Gasteiger partial charge in [0, 0.05) is 19.1 Å². The highest BCUT2D eigenvalue weighted by Gasteiger charge is 2.29. The molecule has 1 heterocycles. The highest BCUT2D eigenvalue weighted by Crippen LogP contribution is 2.33. The largest absolute Gasteiger partial charge is 0.364 e. The molecule has 0 saturated carbocycles. The summed E-state index contributed by atoms with van der Waals surface area (Å²) in [5, 5.41) is 20.2. The Balaban J connectivity index is 2.44. The number of piperidine rings is 1. The lowest BCUT2D eigenvalue weighted by molar-refractivity contribution is -0.384. The molecule has 1 fully saturated rings. The van der Waals surface area contributed by atoms with Gasteiger partial charge in [0.1, 0.15) is 17.3 Å². The summed E-state index contributed by atoms with van der Waals surface area (Å²) in [6, 6.07) is 6.71. The Morgan fingerprint density at radius 3 is 2.84 bits per heavy atom. The average molecular weight is 260 g/mol. The Kier molecular flexibility index (Phi) is 3.67. The number of para-hydroxylation sites is 1. The molecule has 0 aromatic heterocycles. The molecule has 0 bridgehead atoms. The molecule has 100 valence electrons. The van der Waals surface area contributed by atoms with Crippen molar-refractivity contribution in [3.63, 3.8) is 0 Å². The lowest BCUT2D eigenvalue weighted by Gasteiger charge is -2.36. The molecule has 0 amide bonds. The molecular formula is C13H16N4O2. The SMILES string of the molecule is CC1CC(N)CN(c2cccc(C#N)c2[N+](=O)[O-])C1. The first kappa shape index (κ1) is 13.3. The molecule has 2 atom stereocenters. The van der Waals surface area contributed by atoms with Crippen LogP contribution in [0.15, 0.2) is 18.2 Å². The van der Waals surface area contributed by atoms with Crippen LogP contribution < -0.4 is 10.6 Å². The maximum absolute atomic E-state index is 11.2. The molecule has 0 aliphatic carbocycles. The van der Waals surface area contributed by atoms with Crippen molar-refractivity contribution < 1.29 is 4.92 Å². The number of hydrogen-bond donors (Lipinski definition) is 1. The summed E-state index contributed by atoms with van der Waals surface area (Å²) in [6.45, 7) is 3.38. The fraction of sp³-hybridized carbons (Fsp3) is 0.462. The van der Waals surface area contributed by atoms with E-state index in [0.717, 1.165) is 13.0 Å². The number of benzene rings is 1. The number of nitriles is 1. The summed E-state index contributed by atoms with van der Waals surface area (Å²) < 4.78 is 0. The van der Waals surface area contributed by atoms with E-state index in [9.17, 15) is 10.1 Å². The van der Waals surface area contributed by atoms with Crippen LogP contribution in [0.2, 0.25) is 0 Å². The third-order valence-corrected chi connectivity index (χ3v) is 3.35. The fourth-order valence-corrected chi connectivity index (χ4v) is 2.67. The van der Waals surface area contributed by atoms with E-state index >= 15 is 0 Å². The van der Waals surface area contributed by atoms with E-state index in [1.165, 1.54) is 6.07 Å². The smallest absolute Gasteiger partial charge is 0.310 e. The Morgan fingerprint density at radius 1 is 1.53 bits per heavy atom. The monoisotopic (exact) mass is 260 g/mol. The quantitative estimate of drug-likeness (QED) is 0.644. The van der Waals surface area contributed by atoms with Crippen LogP contribution in [0, 0.1) is 27.4 Å². The second kappa shape index (κ2) is 5.24. The van der Waals surface area contributed by atoms with E-state index in [2.05, 4.69) is 6.92 Å². The third kappa shape index (κ3) is 2.66. The molecule has 6 heteroatoms. The molecule has 0 spiro atoms. The zero-order valence-electron chi connectivity index (χ0n) is 10.7. The van der Waals surface area contributed by atoms with Crippen molar-refractivity contribution in [2.45, 2.75) is 19.4 Å². The van der Waals surface area contributed by atoms with Crippen molar-refractivity contribution in [2.75, 3.05) is 18.0 Å². The Morgan fingerprint density at radius 2 is 2.26 bits per heavy atom. The number of anilines is 1. The van der Waals surface area contributed by atoms with Gasteiger partial charge in [0.05, 0.1) is 4.92 Å². The van der Waals surface area contributed by atoms with E-state index in [1.807, 2.05) is 11.0 Å². The van der Waals surface area contributed by atoms with Gasteiger partial charge in [-0.2, -0.15) is 5.26 Å². The van der Waals surface area contributed by atoms with Gasteiger partial charge in [0.2, 0.25) is 0 Å². The van der Waals surface area contributed by atoms with Crippen molar-refractivity contribution in [2.24, 2.45) is 11.7 Å². The molecule has 1 aliphatic rings. The third-order valence-electron chi connectivity index (χ3n) is 3.35. The molecule has 19 heavy (non-hydrogen) atoms. The van der Waals surface area contributed by atoms with Crippen LogP contribution in [0.25, 0.3) is 0 Å². The van der Waals surface area contributed by atoms with Gasteiger partial charge in [0.25, 0.3) is 0 Å². The summed E-state index contributed by atoms with van der Waals surface area (Å²) in [4.78, 5) is 12.6. The molecule has 2 rings (SSSR count). The van der Waals surface area contributed by atoms with Crippen LogP contribution in [0.1, 0.15) is 18.9 Å². The van der Waals surface area contributed by atoms with E-state index < -0.39 is 4.92 Å². The van der Waals surface area contributed by atoms with Gasteiger partial charge in [-0.05, 0) is 24.5 Å². The summed E-state index contributed by atoms with van der Waals surface area (Å²) in [6.07, 6.45) is 0.919. The van der Waals surface area contributed by atoms with Gasteiger partial charge in [-0.3, -0.25) is 10.1 Å². The van der Waals surface area contributed by atoms with Crippen molar-refractivity contribution in [1.82, 2.24) is 0 Å². The fourth-order valence-electron chi connectivity index (χ4n) is 2.67. The van der Waals surface area contributed by atoms with Gasteiger partial charge < -0.3 is 10.6 Å². The normalized spacial score (nSPS) is 22.9. The number of rotatable bonds is 2. The second-order valence-electron chi connectivity index (χ2n) is 5.05. The first-order valence-corrected chi connectivity index (χ1v) is 6.21. The summed E-state index contributed by atoms with van der Waals surface area (Å²) >= 11 is 0. The topological polar surface area (TPSA) is 96.2 Å². The highest BCUT2D eigenvalue weighted by molar-refractivity contribution is 5.70. The highest BCUT2D eigenvalue weighted by atomic mass is 16.6. The average Bonchev–Trinajstić information content (AvgIpc) is 2.36. The van der Waals surface area contributed by atoms with Crippen LogP contribution in [0.3, 0.4) is 0 Å². The van der Waals surface area contributed by atoms with Crippen LogP contribution >= 0.6 is 0 Å². The summed E-state index contributed by atoms with van der Waals surface area (Å²) in [5.74, 6) is 0.383. The molecule has 0 radical (unpaired) electrons. The Bertz CT molecular complexity index is 528. The van der Waals surface area contributed by atoms with Crippen molar-refractivity contribution in [3.05, 3.63) is 33.9 Å². The predicted molar refractivity (Wildman–Crippen MR) is 71.8 cm³/mol. The standard InChI is InChI=1S/C13H16N4O2/c1-9-5-11(15)8-16(7-9)12-4-2-3-10(6-14)13(12)17(18)19/h2-4,9,11H,5,7-8,15H2,1H3. The van der Waals surface area contributed by atoms with Crippen LogP contribution in [-0.2, 0) is 0 Å². The summed E-state index contributed by atoms with van der Waals surface area (Å²) in [7, 11) is 0. The number of nitro benzene ring substituents is 1. The molecule has 2 N–H and O–H groups in total. The van der Waals surface area contributed by atoms with Gasteiger partial charge in [0.15, 0.2) is 0 Å². The van der Waals surface area contributed by atoms with Crippen LogP contribution in [-0.4, -0.2) is 24.1 Å². The van der Waals surface area contributed by atoms with Gasteiger partial charge in [-0.15, -0.1) is 0 Å². The molecule has 2 unspecified atom stereocenters. The van der Waals surface area contributed by atoms with Crippen molar-refractivity contribution in [1.29, 1.82) is 5.26 Å². The molecule has 1 aliphatic heterocycles. The second-order valence-corrected chi connectivity index (χ2v) is 5.05. The van der Waals surface area contributed by atoms with Crippen LogP contribution in [0.4, 0.5) is 11.4 Å². The summed E-state index contributed by atoms with van der Waals surface area (Å²) in [5.41, 5.74) is 6.44. The predicted octanol–water partition coefficient (Wildman–Crippen LogP) is 1.64. The maximum atomic E-state index is 11.2. The van der Waals surface area contributed by atoms with Crippen LogP contribution in [0.5, 0.6) is 0 Å². The lowest BCUT2D eigenvalue weighted by atomic mass is 9.95. The number of nitrogens with two attached hydrogens (primary N) is 1. The minimum absolute atomic E-state index is 0.00842. The van der Waals surface area contributed by atoms with E-state index in [4.69, 9.17) is 11.0 Å². The molecule has 1 saturated heterocycles. The van der Waals surface area contributed by atoms with Crippen molar-refractivity contribution in [3.8, 4) is 6.07 Å². The molecule has 1 aromatic carbocycles. The molecular weight excluding hydrogens is 244 g/mol. The maximum Gasteiger partial charge on any atom is 0.310 e. The van der Waals surface area contributed by atoms with Gasteiger partial charge in [-0.25, -0.2) is 0 Å². The molecule has 1 aromatic rings.